The Kier molecular flexibility index (Phi) is 5.22. The number of aromatic nitrogens is 2. The van der Waals surface area contributed by atoms with E-state index < -0.39 is 5.91 Å². The smallest absolute Gasteiger partial charge is 0.284 e. The van der Waals surface area contributed by atoms with Crippen LogP contribution in [-0.4, -0.2) is 15.3 Å². The second kappa shape index (κ2) is 8.13. The highest BCUT2D eigenvalue weighted by Gasteiger charge is 2.27. The molecule has 0 bridgehead atoms. The summed E-state index contributed by atoms with van der Waals surface area (Å²) in [5.41, 5.74) is 5.57. The molecule has 0 spiro atoms. The zero-order chi connectivity index (χ0) is 21.1. The molecule has 0 aliphatic carbocycles. The van der Waals surface area contributed by atoms with Crippen molar-refractivity contribution in [1.29, 1.82) is 0 Å². The highest BCUT2D eigenvalue weighted by Crippen LogP contribution is 2.20. The van der Waals surface area contributed by atoms with E-state index in [-0.39, 0.29) is 11.1 Å². The molecule has 4 rings (SSSR count). The van der Waals surface area contributed by atoms with E-state index in [1.54, 1.807) is 18.7 Å². The number of hydrazine groups is 1. The van der Waals surface area contributed by atoms with Gasteiger partial charge in [0.05, 0.1) is 22.8 Å². The monoisotopic (exact) mass is 398 g/mol. The molecule has 0 saturated heterocycles. The molecule has 150 valence electrons. The van der Waals surface area contributed by atoms with Crippen molar-refractivity contribution in [2.24, 2.45) is 7.05 Å². The van der Waals surface area contributed by atoms with E-state index >= 15 is 0 Å². The number of hydrogen-bond acceptors (Lipinski definition) is 3. The van der Waals surface area contributed by atoms with Gasteiger partial charge >= 0.3 is 0 Å². The molecule has 1 heterocycles. The van der Waals surface area contributed by atoms with Gasteiger partial charge in [-0.25, -0.2) is 9.69 Å². The Hall–Kier alpha value is -4.06. The van der Waals surface area contributed by atoms with E-state index in [0.717, 1.165) is 5.69 Å². The molecule has 0 atom stereocenters. The zero-order valence-corrected chi connectivity index (χ0v) is 16.8. The molecule has 0 radical (unpaired) electrons. The minimum atomic E-state index is -0.419. The second-order valence-corrected chi connectivity index (χ2v) is 6.89. The van der Waals surface area contributed by atoms with Gasteiger partial charge < -0.3 is 0 Å². The van der Waals surface area contributed by atoms with Crippen LogP contribution in [0.3, 0.4) is 0 Å². The Morgan fingerprint density at radius 3 is 1.97 bits per heavy atom. The van der Waals surface area contributed by atoms with Gasteiger partial charge in [0.2, 0.25) is 0 Å². The van der Waals surface area contributed by atoms with E-state index in [2.05, 4.69) is 5.43 Å². The van der Waals surface area contributed by atoms with Crippen LogP contribution in [0, 0.1) is 6.92 Å². The van der Waals surface area contributed by atoms with Gasteiger partial charge in [-0.05, 0) is 43.3 Å². The van der Waals surface area contributed by atoms with Crippen molar-refractivity contribution in [2.45, 2.75) is 6.92 Å². The van der Waals surface area contributed by atoms with Gasteiger partial charge in [0, 0.05) is 7.05 Å². The first kappa shape index (κ1) is 19.3. The summed E-state index contributed by atoms with van der Waals surface area (Å²) in [5.74, 6) is -0.419. The third kappa shape index (κ3) is 3.51. The molecule has 0 unspecified atom stereocenters. The summed E-state index contributed by atoms with van der Waals surface area (Å²) in [6, 6.07) is 27.9. The van der Waals surface area contributed by atoms with Crippen molar-refractivity contribution in [3.8, 4) is 5.69 Å². The van der Waals surface area contributed by atoms with Crippen LogP contribution < -0.4 is 16.0 Å². The summed E-state index contributed by atoms with van der Waals surface area (Å²) in [5, 5.41) is 1.41. The van der Waals surface area contributed by atoms with Crippen LogP contribution in [0.15, 0.2) is 95.8 Å². The number of hydrogen-bond donors (Lipinski definition) is 1. The van der Waals surface area contributed by atoms with Crippen molar-refractivity contribution in [3.63, 3.8) is 0 Å². The number of anilines is 2. The van der Waals surface area contributed by atoms with E-state index in [9.17, 15) is 9.59 Å². The number of benzene rings is 3. The van der Waals surface area contributed by atoms with Gasteiger partial charge in [0.1, 0.15) is 5.56 Å². The van der Waals surface area contributed by atoms with Gasteiger partial charge in [-0.1, -0.05) is 54.6 Å². The van der Waals surface area contributed by atoms with Gasteiger partial charge in [-0.2, -0.15) is 0 Å². The molecule has 1 N–H and O–H groups in total. The molecule has 0 saturated carbocycles. The normalized spacial score (nSPS) is 10.6. The molecule has 0 aliphatic rings. The molecule has 4 aromatic rings. The lowest BCUT2D eigenvalue weighted by molar-refractivity contribution is 0.0991. The molecular formula is C24H22N4O2. The summed E-state index contributed by atoms with van der Waals surface area (Å²) in [4.78, 5) is 26.9. The van der Waals surface area contributed by atoms with Crippen molar-refractivity contribution in [3.05, 3.63) is 113 Å². The summed E-state index contributed by atoms with van der Waals surface area (Å²) in [6.45, 7) is 1.78. The van der Waals surface area contributed by atoms with Crippen molar-refractivity contribution in [2.75, 3.05) is 10.4 Å². The third-order valence-electron chi connectivity index (χ3n) is 5.00. The number of nitrogens with one attached hydrogen (secondary N) is 1. The average Bonchev–Trinajstić information content (AvgIpc) is 3.01. The summed E-state index contributed by atoms with van der Waals surface area (Å²) in [6.07, 6.45) is 0. The number of carbonyl (C=O) groups excluding carboxylic acids is 1. The van der Waals surface area contributed by atoms with Gasteiger partial charge in [0.25, 0.3) is 11.5 Å². The second-order valence-electron chi connectivity index (χ2n) is 6.89. The van der Waals surface area contributed by atoms with E-state index in [1.807, 2.05) is 91.0 Å². The molecule has 1 aromatic heterocycles. The van der Waals surface area contributed by atoms with E-state index in [4.69, 9.17) is 0 Å². The Morgan fingerprint density at radius 1 is 0.833 bits per heavy atom. The minimum Gasteiger partial charge on any atom is -0.291 e. The SMILES string of the molecule is Cc1c(C(=O)N(Nc2ccccc2)c2ccccc2)c(=O)n(-c2ccccc2)n1C. The lowest BCUT2D eigenvalue weighted by atomic mass is 10.2. The quantitative estimate of drug-likeness (QED) is 0.514. The van der Waals surface area contributed by atoms with Crippen molar-refractivity contribution >= 4 is 17.3 Å². The van der Waals surface area contributed by atoms with E-state index in [1.165, 1.54) is 9.69 Å². The van der Waals surface area contributed by atoms with Crippen LogP contribution in [0.25, 0.3) is 5.69 Å². The van der Waals surface area contributed by atoms with Gasteiger partial charge in [-0.15, -0.1) is 0 Å². The number of carbonyl (C=O) groups is 1. The molecule has 3 aromatic carbocycles. The molecule has 30 heavy (non-hydrogen) atoms. The van der Waals surface area contributed by atoms with E-state index in [0.29, 0.717) is 17.1 Å². The molecular weight excluding hydrogens is 376 g/mol. The number of amides is 1. The third-order valence-corrected chi connectivity index (χ3v) is 5.00. The number of rotatable bonds is 5. The molecule has 0 fully saturated rings. The molecule has 6 heteroatoms. The molecule has 0 aliphatic heterocycles. The van der Waals surface area contributed by atoms with Crippen molar-refractivity contribution < 1.29 is 4.79 Å². The first-order valence-electron chi connectivity index (χ1n) is 9.63. The average molecular weight is 398 g/mol. The number of nitrogens with zero attached hydrogens (tertiary/aromatic N) is 3. The lowest BCUT2D eigenvalue weighted by Gasteiger charge is -2.24. The van der Waals surface area contributed by atoms with Gasteiger partial charge in [-0.3, -0.25) is 19.7 Å². The number of para-hydroxylation sites is 3. The fourth-order valence-electron chi connectivity index (χ4n) is 3.38. The van der Waals surface area contributed by atoms with Crippen molar-refractivity contribution in [1.82, 2.24) is 9.36 Å². The first-order valence-corrected chi connectivity index (χ1v) is 9.63. The van der Waals surface area contributed by atoms with Crippen LogP contribution in [0.2, 0.25) is 0 Å². The Balaban J connectivity index is 1.82. The highest BCUT2D eigenvalue weighted by molar-refractivity contribution is 6.07. The summed E-state index contributed by atoms with van der Waals surface area (Å²) in [7, 11) is 1.78. The standard InChI is InChI=1S/C24H22N4O2/c1-18-22(24(30)28(26(18)2)21-16-10-5-11-17-21)23(29)27(20-14-8-4-9-15-20)25-19-12-6-3-7-13-19/h3-17,25H,1-2H3. The minimum absolute atomic E-state index is 0.119. The summed E-state index contributed by atoms with van der Waals surface area (Å²) < 4.78 is 3.21. The maximum Gasteiger partial charge on any atom is 0.284 e. The van der Waals surface area contributed by atoms with Gasteiger partial charge in [0.15, 0.2) is 0 Å². The predicted octanol–water partition coefficient (Wildman–Crippen LogP) is 4.16. The Bertz CT molecular complexity index is 1210. The maximum absolute atomic E-state index is 13.6. The highest BCUT2D eigenvalue weighted by atomic mass is 16.2. The van der Waals surface area contributed by atoms with Crippen LogP contribution in [0.4, 0.5) is 11.4 Å². The zero-order valence-electron chi connectivity index (χ0n) is 16.8. The Morgan fingerprint density at radius 2 is 1.37 bits per heavy atom. The Labute approximate surface area is 174 Å². The largest absolute Gasteiger partial charge is 0.291 e. The lowest BCUT2D eigenvalue weighted by Crippen LogP contribution is -2.39. The predicted molar refractivity (Wildman–Crippen MR) is 119 cm³/mol. The van der Waals surface area contributed by atoms with Crippen LogP contribution in [-0.2, 0) is 7.05 Å². The summed E-state index contributed by atoms with van der Waals surface area (Å²) >= 11 is 0. The molecule has 6 nitrogen and oxygen atoms in total. The fraction of sp³-hybridized carbons (Fsp3) is 0.0833. The molecule has 1 amide bonds. The van der Waals surface area contributed by atoms with Crippen LogP contribution >= 0.6 is 0 Å². The topological polar surface area (TPSA) is 59.3 Å². The fourth-order valence-corrected chi connectivity index (χ4v) is 3.38. The van der Waals surface area contributed by atoms with Crippen LogP contribution in [0.1, 0.15) is 16.1 Å². The first-order chi connectivity index (χ1) is 14.6. The maximum atomic E-state index is 13.6. The van der Waals surface area contributed by atoms with Crippen LogP contribution in [0.5, 0.6) is 0 Å².